The van der Waals surface area contributed by atoms with Crippen LogP contribution in [0, 0.1) is 0 Å². The quantitative estimate of drug-likeness (QED) is 0.765. The van der Waals surface area contributed by atoms with Gasteiger partial charge >= 0.3 is 0 Å². The maximum Gasteiger partial charge on any atom is 0.0101 e. The molecule has 1 aromatic carbocycles. The van der Waals surface area contributed by atoms with Crippen LogP contribution in [-0.4, -0.2) is 23.5 Å². The van der Waals surface area contributed by atoms with Crippen molar-refractivity contribution < 1.29 is 0 Å². The monoisotopic (exact) mass is 229 g/mol. The highest BCUT2D eigenvalue weighted by Crippen LogP contribution is 2.32. The highest BCUT2D eigenvalue weighted by Gasteiger charge is 2.33. The molecular weight excluding hydrogens is 206 g/mol. The summed E-state index contributed by atoms with van der Waals surface area (Å²) in [5.74, 6) is 0. The van der Waals surface area contributed by atoms with Gasteiger partial charge in [0.2, 0.25) is 0 Å². The normalized spacial score (nSPS) is 29.2. The van der Waals surface area contributed by atoms with Crippen LogP contribution in [0.4, 0.5) is 0 Å². The van der Waals surface area contributed by atoms with Gasteiger partial charge in [-0.15, -0.1) is 0 Å². The Bertz CT molecular complexity index is 346. The number of aryl methyl sites for hydroxylation is 1. The van der Waals surface area contributed by atoms with Crippen molar-refractivity contribution in [2.45, 2.75) is 57.0 Å². The molecule has 0 aliphatic carbocycles. The summed E-state index contributed by atoms with van der Waals surface area (Å²) >= 11 is 0. The van der Waals surface area contributed by atoms with Gasteiger partial charge in [0, 0.05) is 12.1 Å². The fraction of sp³-hybridized carbons (Fsp3) is 0.625. The minimum atomic E-state index is 0.872. The third kappa shape index (κ3) is 2.55. The van der Waals surface area contributed by atoms with Crippen molar-refractivity contribution in [3.05, 3.63) is 35.9 Å². The Morgan fingerprint density at radius 2 is 1.82 bits per heavy atom. The fourth-order valence-electron chi connectivity index (χ4n) is 3.69. The van der Waals surface area contributed by atoms with E-state index in [9.17, 15) is 0 Å². The molecule has 0 N–H and O–H groups in total. The average molecular weight is 229 g/mol. The molecule has 2 aliphatic rings. The number of benzene rings is 1. The van der Waals surface area contributed by atoms with E-state index < -0.39 is 0 Å². The number of nitrogens with zero attached hydrogens (tertiary/aromatic N) is 1. The summed E-state index contributed by atoms with van der Waals surface area (Å²) in [4.78, 5) is 2.81. The molecule has 2 fully saturated rings. The average Bonchev–Trinajstić information content (AvgIpc) is 2.86. The lowest BCUT2D eigenvalue weighted by Crippen LogP contribution is -2.42. The second kappa shape index (κ2) is 5.22. The Morgan fingerprint density at radius 1 is 1.00 bits per heavy atom. The molecular formula is C16H23N. The van der Waals surface area contributed by atoms with E-state index in [1.165, 1.54) is 57.1 Å². The molecule has 1 nitrogen and oxygen atoms in total. The molecule has 0 radical (unpaired) electrons. The van der Waals surface area contributed by atoms with Crippen LogP contribution in [0.5, 0.6) is 0 Å². The number of hydrogen-bond acceptors (Lipinski definition) is 1. The zero-order chi connectivity index (χ0) is 11.5. The zero-order valence-electron chi connectivity index (χ0n) is 10.6. The Balaban J connectivity index is 1.57. The SMILES string of the molecule is c1ccc(CCC2CCCC3CCCN32)cc1. The Morgan fingerprint density at radius 3 is 2.71 bits per heavy atom. The van der Waals surface area contributed by atoms with Crippen LogP contribution in [0.3, 0.4) is 0 Å². The second-order valence-electron chi connectivity index (χ2n) is 5.64. The van der Waals surface area contributed by atoms with Crippen molar-refractivity contribution in [3.8, 4) is 0 Å². The summed E-state index contributed by atoms with van der Waals surface area (Å²) in [6.07, 6.45) is 9.87. The van der Waals surface area contributed by atoms with E-state index in [0.29, 0.717) is 0 Å². The Kier molecular flexibility index (Phi) is 3.46. The highest BCUT2D eigenvalue weighted by molar-refractivity contribution is 5.14. The minimum absolute atomic E-state index is 0.872. The highest BCUT2D eigenvalue weighted by atomic mass is 15.2. The lowest BCUT2D eigenvalue weighted by Gasteiger charge is -2.37. The predicted octanol–water partition coefficient (Wildman–Crippen LogP) is 3.64. The van der Waals surface area contributed by atoms with Crippen LogP contribution in [0.15, 0.2) is 30.3 Å². The van der Waals surface area contributed by atoms with Gasteiger partial charge in [-0.2, -0.15) is 0 Å². The molecule has 17 heavy (non-hydrogen) atoms. The van der Waals surface area contributed by atoms with E-state index in [1.807, 2.05) is 0 Å². The number of rotatable bonds is 3. The predicted molar refractivity (Wildman–Crippen MR) is 72.1 cm³/mol. The van der Waals surface area contributed by atoms with Crippen molar-refractivity contribution in [3.63, 3.8) is 0 Å². The first-order chi connectivity index (χ1) is 8.43. The van der Waals surface area contributed by atoms with Gasteiger partial charge < -0.3 is 0 Å². The van der Waals surface area contributed by atoms with Gasteiger partial charge in [0.05, 0.1) is 0 Å². The molecule has 0 bridgehead atoms. The summed E-state index contributed by atoms with van der Waals surface area (Å²) in [5.41, 5.74) is 1.51. The Hall–Kier alpha value is -0.820. The van der Waals surface area contributed by atoms with Crippen molar-refractivity contribution in [1.82, 2.24) is 4.90 Å². The Labute approximate surface area is 105 Å². The van der Waals surface area contributed by atoms with Gasteiger partial charge in [-0.25, -0.2) is 0 Å². The second-order valence-corrected chi connectivity index (χ2v) is 5.64. The molecule has 0 amide bonds. The molecule has 0 saturated carbocycles. The molecule has 2 atom stereocenters. The largest absolute Gasteiger partial charge is 0.297 e. The van der Waals surface area contributed by atoms with E-state index in [-0.39, 0.29) is 0 Å². The standard InChI is InChI=1S/C16H23N/c1-2-6-14(7-3-1)11-12-16-9-4-8-15-10-5-13-17(15)16/h1-3,6-7,15-16H,4-5,8-13H2. The van der Waals surface area contributed by atoms with E-state index in [2.05, 4.69) is 35.2 Å². The molecule has 92 valence electrons. The van der Waals surface area contributed by atoms with E-state index >= 15 is 0 Å². The molecule has 2 heterocycles. The van der Waals surface area contributed by atoms with E-state index in [4.69, 9.17) is 0 Å². The van der Waals surface area contributed by atoms with Crippen molar-refractivity contribution in [2.24, 2.45) is 0 Å². The van der Waals surface area contributed by atoms with Gasteiger partial charge in [0.25, 0.3) is 0 Å². The summed E-state index contributed by atoms with van der Waals surface area (Å²) in [7, 11) is 0. The van der Waals surface area contributed by atoms with Gasteiger partial charge in [-0.1, -0.05) is 36.8 Å². The van der Waals surface area contributed by atoms with Gasteiger partial charge in [-0.05, 0) is 50.6 Å². The topological polar surface area (TPSA) is 3.24 Å². The molecule has 1 aromatic rings. The smallest absolute Gasteiger partial charge is 0.0101 e. The molecule has 2 unspecified atom stereocenters. The molecule has 2 aliphatic heterocycles. The maximum absolute atomic E-state index is 2.81. The number of piperidine rings is 1. The molecule has 0 spiro atoms. The lowest BCUT2D eigenvalue weighted by molar-refractivity contribution is 0.116. The van der Waals surface area contributed by atoms with Crippen molar-refractivity contribution in [1.29, 1.82) is 0 Å². The number of hydrogen-bond donors (Lipinski definition) is 0. The summed E-state index contributed by atoms with van der Waals surface area (Å²) in [6.45, 7) is 1.37. The van der Waals surface area contributed by atoms with Crippen molar-refractivity contribution >= 4 is 0 Å². The van der Waals surface area contributed by atoms with Crippen LogP contribution in [0.25, 0.3) is 0 Å². The van der Waals surface area contributed by atoms with Crippen LogP contribution in [-0.2, 0) is 6.42 Å². The minimum Gasteiger partial charge on any atom is -0.297 e. The first-order valence-electron chi connectivity index (χ1n) is 7.23. The summed E-state index contributed by atoms with van der Waals surface area (Å²) in [5, 5.41) is 0. The third-order valence-corrected chi connectivity index (χ3v) is 4.58. The van der Waals surface area contributed by atoms with Crippen LogP contribution in [0.1, 0.15) is 44.1 Å². The summed E-state index contributed by atoms with van der Waals surface area (Å²) in [6, 6.07) is 12.8. The van der Waals surface area contributed by atoms with Gasteiger partial charge in [-0.3, -0.25) is 4.90 Å². The van der Waals surface area contributed by atoms with Crippen molar-refractivity contribution in [2.75, 3.05) is 6.54 Å². The maximum atomic E-state index is 2.81. The lowest BCUT2D eigenvalue weighted by atomic mass is 9.92. The fourth-order valence-corrected chi connectivity index (χ4v) is 3.69. The first-order valence-corrected chi connectivity index (χ1v) is 7.23. The molecule has 2 saturated heterocycles. The molecule has 0 aromatic heterocycles. The molecule has 1 heteroatoms. The van der Waals surface area contributed by atoms with Gasteiger partial charge in [0.1, 0.15) is 0 Å². The number of fused-ring (bicyclic) bond motifs is 1. The summed E-state index contributed by atoms with van der Waals surface area (Å²) < 4.78 is 0. The van der Waals surface area contributed by atoms with E-state index in [1.54, 1.807) is 0 Å². The van der Waals surface area contributed by atoms with E-state index in [0.717, 1.165) is 12.1 Å². The first kappa shape index (κ1) is 11.3. The van der Waals surface area contributed by atoms with Crippen LogP contribution in [0.2, 0.25) is 0 Å². The molecule has 3 rings (SSSR count). The van der Waals surface area contributed by atoms with Crippen LogP contribution >= 0.6 is 0 Å². The zero-order valence-corrected chi connectivity index (χ0v) is 10.6. The third-order valence-electron chi connectivity index (χ3n) is 4.58. The van der Waals surface area contributed by atoms with Gasteiger partial charge in [0.15, 0.2) is 0 Å². The van der Waals surface area contributed by atoms with Crippen LogP contribution < -0.4 is 0 Å².